The first-order valence-electron chi connectivity index (χ1n) is 6.45. The molecule has 0 radical (unpaired) electrons. The summed E-state index contributed by atoms with van der Waals surface area (Å²) >= 11 is 5.74. The van der Waals surface area contributed by atoms with Crippen LogP contribution in [0.15, 0.2) is 42.5 Å². The van der Waals surface area contributed by atoms with Crippen LogP contribution in [-0.4, -0.2) is 17.4 Å². The molecule has 5 nitrogen and oxygen atoms in total. The summed E-state index contributed by atoms with van der Waals surface area (Å²) in [5.41, 5.74) is 0.0248. The Morgan fingerprint density at radius 1 is 1.27 bits per heavy atom. The fourth-order valence-corrected chi connectivity index (χ4v) is 2.21. The lowest BCUT2D eigenvalue weighted by Gasteiger charge is -2.21. The summed E-state index contributed by atoms with van der Waals surface area (Å²) in [5, 5.41) is 11.3. The van der Waals surface area contributed by atoms with Gasteiger partial charge in [-0.25, -0.2) is 4.39 Å². The zero-order valence-corrected chi connectivity index (χ0v) is 12.4. The average Bonchev–Trinajstić information content (AvgIpc) is 2.49. The maximum atomic E-state index is 13.0. The molecule has 0 saturated carbocycles. The van der Waals surface area contributed by atoms with E-state index in [1.54, 1.807) is 6.92 Å². The van der Waals surface area contributed by atoms with Crippen molar-refractivity contribution in [3.63, 3.8) is 0 Å². The highest BCUT2D eigenvalue weighted by molar-refractivity contribution is 6.31. The molecule has 114 valence electrons. The quantitative estimate of drug-likeness (QED) is 0.630. The smallest absolute Gasteiger partial charge is 0.283 e. The van der Waals surface area contributed by atoms with Crippen LogP contribution < -0.4 is 4.90 Å². The summed E-state index contributed by atoms with van der Waals surface area (Å²) in [6, 6.07) is 9.20. The van der Waals surface area contributed by atoms with Crippen LogP contribution in [0, 0.1) is 15.9 Å². The summed E-state index contributed by atoms with van der Waals surface area (Å²) in [4.78, 5) is 24.4. The minimum atomic E-state index is -0.655. The number of halogens is 2. The van der Waals surface area contributed by atoms with Crippen molar-refractivity contribution >= 4 is 28.9 Å². The van der Waals surface area contributed by atoms with Gasteiger partial charge >= 0.3 is 0 Å². The van der Waals surface area contributed by atoms with E-state index in [4.69, 9.17) is 11.6 Å². The molecule has 2 rings (SSSR count). The molecule has 0 bridgehead atoms. The highest BCUT2D eigenvalue weighted by Gasteiger charge is 2.25. The third kappa shape index (κ3) is 3.23. The number of nitrogens with zero attached hydrogens (tertiary/aromatic N) is 2. The molecule has 2 aromatic rings. The van der Waals surface area contributed by atoms with E-state index in [0.717, 1.165) is 6.07 Å². The SMILES string of the molecule is CCN(C(=O)c1ccc(Cl)cc1[N+](=O)[O-])c1ccc(F)cc1. The van der Waals surface area contributed by atoms with E-state index in [1.165, 1.54) is 41.3 Å². The number of benzene rings is 2. The molecule has 0 fully saturated rings. The van der Waals surface area contributed by atoms with Gasteiger partial charge in [0.25, 0.3) is 11.6 Å². The Morgan fingerprint density at radius 2 is 1.91 bits per heavy atom. The second-order valence-electron chi connectivity index (χ2n) is 4.44. The number of hydrogen-bond acceptors (Lipinski definition) is 3. The van der Waals surface area contributed by atoms with Gasteiger partial charge in [-0.1, -0.05) is 11.6 Å². The standard InChI is InChI=1S/C15H12ClFN2O3/c1-2-18(12-6-4-11(17)5-7-12)15(20)13-8-3-10(16)9-14(13)19(21)22/h3-9H,2H2,1H3. The first kappa shape index (κ1) is 15.9. The Labute approximate surface area is 131 Å². The number of nitro benzene ring substituents is 1. The van der Waals surface area contributed by atoms with E-state index >= 15 is 0 Å². The Morgan fingerprint density at radius 3 is 2.45 bits per heavy atom. The van der Waals surface area contributed by atoms with Crippen LogP contribution in [0.2, 0.25) is 5.02 Å². The molecule has 7 heteroatoms. The molecule has 0 spiro atoms. The van der Waals surface area contributed by atoms with Crippen LogP contribution in [-0.2, 0) is 0 Å². The van der Waals surface area contributed by atoms with Crippen LogP contribution >= 0.6 is 11.6 Å². The van der Waals surface area contributed by atoms with Crippen LogP contribution in [0.3, 0.4) is 0 Å². The molecule has 0 aliphatic heterocycles. The highest BCUT2D eigenvalue weighted by Crippen LogP contribution is 2.26. The maximum absolute atomic E-state index is 13.0. The maximum Gasteiger partial charge on any atom is 0.283 e. The highest BCUT2D eigenvalue weighted by atomic mass is 35.5. The topological polar surface area (TPSA) is 63.5 Å². The summed E-state index contributed by atoms with van der Waals surface area (Å²) in [6.45, 7) is 2.01. The number of carbonyl (C=O) groups excluding carboxylic acids is 1. The van der Waals surface area contributed by atoms with Gasteiger partial charge in [-0.05, 0) is 43.3 Å². The van der Waals surface area contributed by atoms with E-state index in [1.807, 2.05) is 0 Å². The lowest BCUT2D eigenvalue weighted by Crippen LogP contribution is -2.31. The van der Waals surface area contributed by atoms with Crippen molar-refractivity contribution in [2.45, 2.75) is 6.92 Å². The molecular weight excluding hydrogens is 311 g/mol. The average molecular weight is 323 g/mol. The van der Waals surface area contributed by atoms with Gasteiger partial charge in [-0.15, -0.1) is 0 Å². The molecule has 0 saturated heterocycles. The zero-order chi connectivity index (χ0) is 16.3. The van der Waals surface area contributed by atoms with Crippen molar-refractivity contribution in [3.05, 3.63) is 69.0 Å². The number of carbonyl (C=O) groups is 1. The summed E-state index contributed by atoms with van der Waals surface area (Å²) < 4.78 is 13.0. The van der Waals surface area contributed by atoms with Gasteiger partial charge in [0.15, 0.2) is 0 Å². The van der Waals surface area contributed by atoms with Crippen LogP contribution in [0.25, 0.3) is 0 Å². The summed E-state index contributed by atoms with van der Waals surface area (Å²) in [7, 11) is 0. The Bertz CT molecular complexity index is 719. The number of amides is 1. The third-order valence-corrected chi connectivity index (χ3v) is 3.32. The van der Waals surface area contributed by atoms with E-state index in [0.29, 0.717) is 5.69 Å². The molecule has 0 N–H and O–H groups in total. The Hall–Kier alpha value is -2.47. The Kier molecular flexibility index (Phi) is 4.72. The molecular formula is C15H12ClFN2O3. The normalized spacial score (nSPS) is 10.3. The van der Waals surface area contributed by atoms with Crippen LogP contribution in [0.4, 0.5) is 15.8 Å². The molecule has 0 unspecified atom stereocenters. The summed E-state index contributed by atoms with van der Waals surface area (Å²) in [6.07, 6.45) is 0. The van der Waals surface area contributed by atoms with Crippen molar-refractivity contribution in [1.82, 2.24) is 0 Å². The van der Waals surface area contributed by atoms with Crippen molar-refractivity contribution in [3.8, 4) is 0 Å². The predicted molar refractivity (Wildman–Crippen MR) is 81.9 cm³/mol. The molecule has 0 aliphatic carbocycles. The molecule has 22 heavy (non-hydrogen) atoms. The van der Waals surface area contributed by atoms with Gasteiger partial charge in [0.05, 0.1) is 4.92 Å². The fraction of sp³-hybridized carbons (Fsp3) is 0.133. The van der Waals surface area contributed by atoms with Gasteiger partial charge in [0.1, 0.15) is 11.4 Å². The lowest BCUT2D eigenvalue weighted by atomic mass is 10.1. The minimum absolute atomic E-state index is 0.0689. The second-order valence-corrected chi connectivity index (χ2v) is 4.88. The van der Waals surface area contributed by atoms with Crippen LogP contribution in [0.5, 0.6) is 0 Å². The Balaban J connectivity index is 2.45. The number of rotatable bonds is 4. The van der Waals surface area contributed by atoms with Crippen molar-refractivity contribution < 1.29 is 14.1 Å². The molecule has 0 aliphatic rings. The van der Waals surface area contributed by atoms with Gasteiger partial charge in [0, 0.05) is 23.3 Å². The molecule has 0 aromatic heterocycles. The minimum Gasteiger partial charge on any atom is -0.308 e. The molecule has 0 atom stereocenters. The predicted octanol–water partition coefficient (Wildman–Crippen LogP) is 4.05. The second kappa shape index (κ2) is 6.53. The van der Waals surface area contributed by atoms with Gasteiger partial charge in [0.2, 0.25) is 0 Å². The van der Waals surface area contributed by atoms with Crippen molar-refractivity contribution in [2.24, 2.45) is 0 Å². The zero-order valence-electron chi connectivity index (χ0n) is 11.6. The van der Waals surface area contributed by atoms with E-state index in [9.17, 15) is 19.3 Å². The lowest BCUT2D eigenvalue weighted by molar-refractivity contribution is -0.385. The first-order chi connectivity index (χ1) is 10.4. The monoisotopic (exact) mass is 322 g/mol. The van der Waals surface area contributed by atoms with Gasteiger partial charge in [-0.2, -0.15) is 0 Å². The van der Waals surface area contributed by atoms with Crippen molar-refractivity contribution in [1.29, 1.82) is 0 Å². The number of nitro groups is 1. The number of hydrogen-bond donors (Lipinski definition) is 0. The van der Waals surface area contributed by atoms with Gasteiger partial charge in [-0.3, -0.25) is 14.9 Å². The largest absolute Gasteiger partial charge is 0.308 e. The molecule has 2 aromatic carbocycles. The number of anilines is 1. The molecule has 0 heterocycles. The van der Waals surface area contributed by atoms with Gasteiger partial charge < -0.3 is 4.90 Å². The van der Waals surface area contributed by atoms with Crippen LogP contribution in [0.1, 0.15) is 17.3 Å². The molecule has 1 amide bonds. The first-order valence-corrected chi connectivity index (χ1v) is 6.83. The fourth-order valence-electron chi connectivity index (χ4n) is 2.05. The third-order valence-electron chi connectivity index (χ3n) is 3.09. The summed E-state index contributed by atoms with van der Waals surface area (Å²) in [5.74, 6) is -0.970. The van der Waals surface area contributed by atoms with Crippen molar-refractivity contribution in [2.75, 3.05) is 11.4 Å². The van der Waals surface area contributed by atoms with E-state index in [2.05, 4.69) is 0 Å². The van der Waals surface area contributed by atoms with E-state index < -0.39 is 16.6 Å². The van der Waals surface area contributed by atoms with E-state index in [-0.39, 0.29) is 22.8 Å².